The Morgan fingerprint density at radius 1 is 1.13 bits per heavy atom. The molecule has 1 aliphatic rings. The van der Waals surface area contributed by atoms with E-state index >= 15 is 0 Å². The van der Waals surface area contributed by atoms with Gasteiger partial charge in [0, 0.05) is 36.0 Å². The molecule has 1 amide bonds. The Hall–Kier alpha value is -1.80. The van der Waals surface area contributed by atoms with Crippen LogP contribution >= 0.6 is 34.3 Å². The van der Waals surface area contributed by atoms with Gasteiger partial charge >= 0.3 is 0 Å². The zero-order chi connectivity index (χ0) is 21.1. The number of amides is 1. The van der Waals surface area contributed by atoms with Crippen molar-refractivity contribution >= 4 is 45.3 Å². The summed E-state index contributed by atoms with van der Waals surface area (Å²) in [5, 5.41) is 9.00. The number of carbonyl (C=O) groups is 1. The zero-order valence-corrected chi connectivity index (χ0v) is 19.5. The van der Waals surface area contributed by atoms with E-state index in [0.717, 1.165) is 53.4 Å². The van der Waals surface area contributed by atoms with Crippen LogP contribution in [0.15, 0.2) is 35.0 Å². The van der Waals surface area contributed by atoms with Crippen molar-refractivity contribution in [3.63, 3.8) is 0 Å². The van der Waals surface area contributed by atoms with E-state index in [9.17, 15) is 4.79 Å². The number of piperidine rings is 1. The van der Waals surface area contributed by atoms with Crippen molar-refractivity contribution < 1.29 is 4.79 Å². The number of nitrogens with zero attached hydrogens (tertiary/aromatic N) is 3. The molecule has 2 aromatic heterocycles. The van der Waals surface area contributed by atoms with E-state index in [-0.39, 0.29) is 12.3 Å². The molecule has 1 aliphatic heterocycles. The molecule has 0 bridgehead atoms. The second-order valence-electron chi connectivity index (χ2n) is 8.13. The molecular weight excluding hydrogens is 436 g/mol. The number of thiazole rings is 2. The average Bonchev–Trinajstić information content (AvgIpc) is 3.31. The van der Waals surface area contributed by atoms with Crippen LogP contribution in [0.2, 0.25) is 5.02 Å². The van der Waals surface area contributed by atoms with Gasteiger partial charge in [0.15, 0.2) is 5.13 Å². The fourth-order valence-electron chi connectivity index (χ4n) is 4.06. The minimum Gasteiger partial charge on any atom is -0.302 e. The average molecular weight is 461 g/mol. The first-order valence-corrected chi connectivity index (χ1v) is 12.3. The van der Waals surface area contributed by atoms with Gasteiger partial charge < -0.3 is 5.32 Å². The highest BCUT2D eigenvalue weighted by molar-refractivity contribution is 7.14. The van der Waals surface area contributed by atoms with E-state index in [2.05, 4.69) is 34.0 Å². The van der Waals surface area contributed by atoms with Crippen LogP contribution in [-0.2, 0) is 17.8 Å². The lowest BCUT2D eigenvalue weighted by Crippen LogP contribution is -2.38. The summed E-state index contributed by atoms with van der Waals surface area (Å²) in [5.74, 6) is 1.34. The molecule has 0 radical (unpaired) electrons. The Morgan fingerprint density at radius 2 is 1.87 bits per heavy atom. The Balaban J connectivity index is 1.32. The van der Waals surface area contributed by atoms with Gasteiger partial charge in [-0.2, -0.15) is 0 Å². The van der Waals surface area contributed by atoms with E-state index in [0.29, 0.717) is 10.2 Å². The van der Waals surface area contributed by atoms with Gasteiger partial charge in [-0.1, -0.05) is 43.6 Å². The number of hydrogen-bond donors (Lipinski definition) is 1. The summed E-state index contributed by atoms with van der Waals surface area (Å²) < 4.78 is 0. The number of anilines is 1. The van der Waals surface area contributed by atoms with Crippen LogP contribution in [-0.4, -0.2) is 33.9 Å². The maximum atomic E-state index is 12.5. The number of halogens is 1. The summed E-state index contributed by atoms with van der Waals surface area (Å²) in [6.45, 7) is 7.69. The van der Waals surface area contributed by atoms with Crippen LogP contribution in [0.3, 0.4) is 0 Å². The van der Waals surface area contributed by atoms with E-state index in [1.54, 1.807) is 0 Å². The Kier molecular flexibility index (Phi) is 6.83. The first kappa shape index (κ1) is 21.4. The molecule has 158 valence electrons. The molecular formula is C22H25ClN4OS2. The molecule has 5 nitrogen and oxygen atoms in total. The summed E-state index contributed by atoms with van der Waals surface area (Å²) >= 11 is 9.22. The molecule has 30 heavy (non-hydrogen) atoms. The van der Waals surface area contributed by atoms with E-state index in [1.165, 1.54) is 29.1 Å². The van der Waals surface area contributed by atoms with E-state index in [1.807, 2.05) is 35.0 Å². The van der Waals surface area contributed by atoms with Crippen LogP contribution in [0.1, 0.15) is 31.7 Å². The third-order valence-electron chi connectivity index (χ3n) is 5.13. The lowest BCUT2D eigenvalue weighted by atomic mass is 9.92. The monoisotopic (exact) mass is 460 g/mol. The van der Waals surface area contributed by atoms with Crippen LogP contribution in [0, 0.1) is 11.8 Å². The predicted molar refractivity (Wildman–Crippen MR) is 125 cm³/mol. The quantitative estimate of drug-likeness (QED) is 0.521. The number of likely N-dealkylation sites (tertiary alicyclic amines) is 1. The molecule has 8 heteroatoms. The number of rotatable bonds is 6. The van der Waals surface area contributed by atoms with Crippen molar-refractivity contribution in [2.45, 2.75) is 33.2 Å². The predicted octanol–water partition coefficient (Wildman–Crippen LogP) is 5.58. The Bertz CT molecular complexity index is 1010. The van der Waals surface area contributed by atoms with Gasteiger partial charge in [-0.05, 0) is 24.3 Å². The molecule has 4 rings (SSSR count). The SMILES string of the molecule is CC1CC(C)CN(Cc2csc(NC(=O)Cc3csc(-c4ccccc4Cl)n3)n2)C1. The van der Waals surface area contributed by atoms with Crippen molar-refractivity contribution in [3.05, 3.63) is 51.4 Å². The molecule has 1 aromatic carbocycles. The minimum atomic E-state index is -0.105. The van der Waals surface area contributed by atoms with Gasteiger partial charge in [-0.3, -0.25) is 9.69 Å². The highest BCUT2D eigenvalue weighted by atomic mass is 35.5. The van der Waals surface area contributed by atoms with Gasteiger partial charge in [0.25, 0.3) is 0 Å². The van der Waals surface area contributed by atoms with E-state index in [4.69, 9.17) is 11.6 Å². The second kappa shape index (κ2) is 9.56. The molecule has 1 saturated heterocycles. The number of benzene rings is 1. The number of nitrogens with one attached hydrogen (secondary N) is 1. The fraction of sp³-hybridized carbons (Fsp3) is 0.409. The molecule has 0 spiro atoms. The lowest BCUT2D eigenvalue weighted by Gasteiger charge is -2.34. The van der Waals surface area contributed by atoms with Crippen molar-refractivity contribution in [1.29, 1.82) is 0 Å². The first-order chi connectivity index (χ1) is 14.5. The highest BCUT2D eigenvalue weighted by Gasteiger charge is 2.22. The normalized spacial score (nSPS) is 19.7. The van der Waals surface area contributed by atoms with Gasteiger partial charge in [0.05, 0.1) is 22.8 Å². The van der Waals surface area contributed by atoms with Gasteiger partial charge in [-0.15, -0.1) is 22.7 Å². The topological polar surface area (TPSA) is 58.1 Å². The Labute approximate surface area is 190 Å². The van der Waals surface area contributed by atoms with Crippen molar-refractivity contribution in [3.8, 4) is 10.6 Å². The summed E-state index contributed by atoms with van der Waals surface area (Å²) in [7, 11) is 0. The highest BCUT2D eigenvalue weighted by Crippen LogP contribution is 2.30. The second-order valence-corrected chi connectivity index (χ2v) is 10.3. The summed E-state index contributed by atoms with van der Waals surface area (Å²) in [5.41, 5.74) is 2.65. The summed E-state index contributed by atoms with van der Waals surface area (Å²) in [6, 6.07) is 7.60. The number of aromatic nitrogens is 2. The van der Waals surface area contributed by atoms with Gasteiger partial charge in [0.2, 0.25) is 5.91 Å². The van der Waals surface area contributed by atoms with E-state index < -0.39 is 0 Å². The minimum absolute atomic E-state index is 0.105. The standard InChI is InChI=1S/C22H25ClN4OS2/c1-14-7-15(2)10-27(9-14)11-17-13-30-22(25-17)26-20(28)8-16-12-29-21(24-16)18-5-3-4-6-19(18)23/h3-6,12-15H,7-11H2,1-2H3,(H,25,26,28). The summed E-state index contributed by atoms with van der Waals surface area (Å²) in [6.07, 6.45) is 1.51. The molecule has 1 fully saturated rings. The molecule has 3 heterocycles. The molecule has 0 saturated carbocycles. The third kappa shape index (κ3) is 5.46. The smallest absolute Gasteiger partial charge is 0.232 e. The maximum absolute atomic E-state index is 12.5. The van der Waals surface area contributed by atoms with Crippen molar-refractivity contribution in [1.82, 2.24) is 14.9 Å². The van der Waals surface area contributed by atoms with Crippen LogP contribution in [0.4, 0.5) is 5.13 Å². The molecule has 2 atom stereocenters. The third-order valence-corrected chi connectivity index (χ3v) is 7.19. The lowest BCUT2D eigenvalue weighted by molar-refractivity contribution is -0.115. The fourth-order valence-corrected chi connectivity index (χ4v) is 5.92. The van der Waals surface area contributed by atoms with Crippen molar-refractivity contribution in [2.75, 3.05) is 18.4 Å². The number of hydrogen-bond acceptors (Lipinski definition) is 6. The van der Waals surface area contributed by atoms with Gasteiger partial charge in [-0.25, -0.2) is 9.97 Å². The molecule has 1 N–H and O–H groups in total. The van der Waals surface area contributed by atoms with Gasteiger partial charge in [0.1, 0.15) is 5.01 Å². The maximum Gasteiger partial charge on any atom is 0.232 e. The zero-order valence-electron chi connectivity index (χ0n) is 17.1. The summed E-state index contributed by atoms with van der Waals surface area (Å²) in [4.78, 5) is 24.1. The largest absolute Gasteiger partial charge is 0.302 e. The van der Waals surface area contributed by atoms with Crippen LogP contribution in [0.25, 0.3) is 10.6 Å². The molecule has 2 unspecified atom stereocenters. The Morgan fingerprint density at radius 3 is 2.63 bits per heavy atom. The molecule has 3 aromatic rings. The number of carbonyl (C=O) groups excluding carboxylic acids is 1. The van der Waals surface area contributed by atoms with Crippen LogP contribution in [0.5, 0.6) is 0 Å². The van der Waals surface area contributed by atoms with Crippen LogP contribution < -0.4 is 5.32 Å². The molecule has 0 aliphatic carbocycles. The van der Waals surface area contributed by atoms with Crippen molar-refractivity contribution in [2.24, 2.45) is 11.8 Å². The first-order valence-electron chi connectivity index (χ1n) is 10.1.